The Morgan fingerprint density at radius 1 is 1.53 bits per heavy atom. The zero-order valence-electron chi connectivity index (χ0n) is 8.99. The molecule has 2 fully saturated rings. The SMILES string of the molecule is CC1(C)OC[C@@H](C(=O)N2CCCC2=O)O1. The number of hydrogen-bond acceptors (Lipinski definition) is 4. The van der Waals surface area contributed by atoms with Crippen molar-refractivity contribution in [2.75, 3.05) is 13.2 Å². The summed E-state index contributed by atoms with van der Waals surface area (Å²) in [6.45, 7) is 4.26. The summed E-state index contributed by atoms with van der Waals surface area (Å²) in [5.74, 6) is -1.08. The lowest BCUT2D eigenvalue weighted by atomic mass is 10.3. The first-order chi connectivity index (χ1) is 6.99. The Bertz CT molecular complexity index is 300. The fourth-order valence-electron chi connectivity index (χ4n) is 1.86. The van der Waals surface area contributed by atoms with Crippen molar-refractivity contribution in [2.45, 2.75) is 38.6 Å². The third-order valence-corrected chi connectivity index (χ3v) is 2.62. The van der Waals surface area contributed by atoms with Gasteiger partial charge in [-0.25, -0.2) is 0 Å². The predicted molar refractivity (Wildman–Crippen MR) is 50.9 cm³/mol. The Hall–Kier alpha value is -0.940. The average molecular weight is 213 g/mol. The van der Waals surface area contributed by atoms with Crippen molar-refractivity contribution in [1.82, 2.24) is 4.90 Å². The number of carbonyl (C=O) groups excluding carboxylic acids is 2. The van der Waals surface area contributed by atoms with E-state index in [9.17, 15) is 9.59 Å². The molecule has 0 spiro atoms. The highest BCUT2D eigenvalue weighted by atomic mass is 16.7. The summed E-state index contributed by atoms with van der Waals surface area (Å²) in [5, 5.41) is 0. The average Bonchev–Trinajstić information content (AvgIpc) is 2.71. The molecule has 2 saturated heterocycles. The molecule has 0 unspecified atom stereocenters. The smallest absolute Gasteiger partial charge is 0.260 e. The number of carbonyl (C=O) groups is 2. The number of amides is 2. The van der Waals surface area contributed by atoms with Crippen LogP contribution in [0.15, 0.2) is 0 Å². The van der Waals surface area contributed by atoms with Gasteiger partial charge in [-0.2, -0.15) is 0 Å². The molecule has 2 aliphatic rings. The lowest BCUT2D eigenvalue weighted by Gasteiger charge is -2.19. The molecule has 15 heavy (non-hydrogen) atoms. The van der Waals surface area contributed by atoms with Gasteiger partial charge >= 0.3 is 0 Å². The molecule has 0 aromatic rings. The Morgan fingerprint density at radius 2 is 2.27 bits per heavy atom. The maximum Gasteiger partial charge on any atom is 0.260 e. The van der Waals surface area contributed by atoms with E-state index in [1.54, 1.807) is 13.8 Å². The third-order valence-electron chi connectivity index (χ3n) is 2.62. The molecule has 0 aromatic heterocycles. The highest BCUT2D eigenvalue weighted by Gasteiger charge is 2.41. The molecule has 2 aliphatic heterocycles. The zero-order valence-corrected chi connectivity index (χ0v) is 8.99. The molecule has 1 atom stereocenters. The van der Waals surface area contributed by atoms with Gasteiger partial charge < -0.3 is 9.47 Å². The summed E-state index contributed by atoms with van der Waals surface area (Å²) in [6, 6.07) is 0. The minimum atomic E-state index is -0.719. The monoisotopic (exact) mass is 213 g/mol. The Balaban J connectivity index is 2.00. The fourth-order valence-corrected chi connectivity index (χ4v) is 1.86. The van der Waals surface area contributed by atoms with E-state index in [1.165, 1.54) is 4.90 Å². The number of ether oxygens (including phenoxy) is 2. The lowest BCUT2D eigenvalue weighted by molar-refractivity contribution is -0.162. The van der Waals surface area contributed by atoms with E-state index in [-0.39, 0.29) is 18.4 Å². The van der Waals surface area contributed by atoms with E-state index in [1.807, 2.05) is 0 Å². The van der Waals surface area contributed by atoms with Crippen molar-refractivity contribution in [3.05, 3.63) is 0 Å². The van der Waals surface area contributed by atoms with Crippen LogP contribution in [-0.4, -0.2) is 41.8 Å². The first kappa shape index (κ1) is 10.6. The molecule has 5 nitrogen and oxygen atoms in total. The Kier molecular flexibility index (Phi) is 2.52. The quantitative estimate of drug-likeness (QED) is 0.587. The van der Waals surface area contributed by atoms with Crippen LogP contribution in [0.25, 0.3) is 0 Å². The van der Waals surface area contributed by atoms with Crippen molar-refractivity contribution in [2.24, 2.45) is 0 Å². The van der Waals surface area contributed by atoms with E-state index in [0.29, 0.717) is 13.0 Å². The molecule has 2 amide bonds. The van der Waals surface area contributed by atoms with Crippen molar-refractivity contribution < 1.29 is 19.1 Å². The number of imide groups is 1. The first-order valence-electron chi connectivity index (χ1n) is 5.15. The molecule has 2 rings (SSSR count). The van der Waals surface area contributed by atoms with Gasteiger partial charge in [-0.05, 0) is 20.3 Å². The minimum absolute atomic E-state index is 0.103. The maximum atomic E-state index is 11.8. The number of rotatable bonds is 1. The summed E-state index contributed by atoms with van der Waals surface area (Å²) in [6.07, 6.45) is 0.589. The molecule has 5 heteroatoms. The first-order valence-corrected chi connectivity index (χ1v) is 5.15. The largest absolute Gasteiger partial charge is 0.347 e. The van der Waals surface area contributed by atoms with Crippen LogP contribution in [0.1, 0.15) is 26.7 Å². The summed E-state index contributed by atoms with van der Waals surface area (Å²) in [7, 11) is 0. The van der Waals surface area contributed by atoms with Gasteiger partial charge in [0.1, 0.15) is 0 Å². The zero-order chi connectivity index (χ0) is 11.1. The summed E-state index contributed by atoms with van der Waals surface area (Å²) in [4.78, 5) is 24.5. The lowest BCUT2D eigenvalue weighted by Crippen LogP contribution is -2.41. The van der Waals surface area contributed by atoms with E-state index >= 15 is 0 Å². The molecular weight excluding hydrogens is 198 g/mol. The van der Waals surface area contributed by atoms with Crippen LogP contribution in [0.2, 0.25) is 0 Å². The highest BCUT2D eigenvalue weighted by molar-refractivity contribution is 5.98. The standard InChI is InChI=1S/C10H15NO4/c1-10(2)14-6-7(15-10)9(13)11-5-3-4-8(11)12/h7H,3-6H2,1-2H3/t7-/m0/s1. The number of nitrogens with zero attached hydrogens (tertiary/aromatic N) is 1. The Labute approximate surface area is 88.3 Å². The van der Waals surface area contributed by atoms with Crippen LogP contribution in [0, 0.1) is 0 Å². The molecule has 2 heterocycles. The van der Waals surface area contributed by atoms with Crippen LogP contribution < -0.4 is 0 Å². The van der Waals surface area contributed by atoms with E-state index in [0.717, 1.165) is 6.42 Å². The molecular formula is C10H15NO4. The molecule has 0 bridgehead atoms. The van der Waals surface area contributed by atoms with Gasteiger partial charge in [-0.1, -0.05) is 0 Å². The number of hydrogen-bond donors (Lipinski definition) is 0. The van der Waals surface area contributed by atoms with Gasteiger partial charge in [0.15, 0.2) is 11.9 Å². The second-order valence-electron chi connectivity index (χ2n) is 4.30. The number of likely N-dealkylation sites (tertiary alicyclic amines) is 1. The Morgan fingerprint density at radius 3 is 2.73 bits per heavy atom. The topological polar surface area (TPSA) is 55.8 Å². The summed E-state index contributed by atoms with van der Waals surface area (Å²) >= 11 is 0. The van der Waals surface area contributed by atoms with Crippen LogP contribution in [-0.2, 0) is 19.1 Å². The third kappa shape index (κ3) is 2.03. The molecule has 84 valence electrons. The van der Waals surface area contributed by atoms with Crippen LogP contribution in [0.4, 0.5) is 0 Å². The van der Waals surface area contributed by atoms with E-state index in [2.05, 4.69) is 0 Å². The van der Waals surface area contributed by atoms with Crippen LogP contribution in [0.3, 0.4) is 0 Å². The second-order valence-corrected chi connectivity index (χ2v) is 4.30. The molecule has 0 aliphatic carbocycles. The van der Waals surface area contributed by atoms with E-state index < -0.39 is 11.9 Å². The predicted octanol–water partition coefficient (Wildman–Crippen LogP) is 0.287. The van der Waals surface area contributed by atoms with Gasteiger partial charge in [-0.15, -0.1) is 0 Å². The van der Waals surface area contributed by atoms with Crippen molar-refractivity contribution >= 4 is 11.8 Å². The maximum absolute atomic E-state index is 11.8. The molecule has 0 saturated carbocycles. The summed E-state index contributed by atoms with van der Waals surface area (Å²) < 4.78 is 10.7. The van der Waals surface area contributed by atoms with Gasteiger partial charge in [0.2, 0.25) is 5.91 Å². The van der Waals surface area contributed by atoms with Gasteiger partial charge in [-0.3, -0.25) is 14.5 Å². The van der Waals surface area contributed by atoms with Gasteiger partial charge in [0.25, 0.3) is 5.91 Å². The fraction of sp³-hybridized carbons (Fsp3) is 0.800. The minimum Gasteiger partial charge on any atom is -0.347 e. The van der Waals surface area contributed by atoms with Crippen LogP contribution in [0.5, 0.6) is 0 Å². The molecule has 0 aromatic carbocycles. The normalized spacial score (nSPS) is 29.9. The molecule has 0 radical (unpaired) electrons. The summed E-state index contributed by atoms with van der Waals surface area (Å²) in [5.41, 5.74) is 0. The second kappa shape index (κ2) is 3.57. The van der Waals surface area contributed by atoms with Gasteiger partial charge in [0, 0.05) is 13.0 Å². The highest BCUT2D eigenvalue weighted by Crippen LogP contribution is 2.24. The van der Waals surface area contributed by atoms with E-state index in [4.69, 9.17) is 9.47 Å². The van der Waals surface area contributed by atoms with Crippen molar-refractivity contribution in [3.63, 3.8) is 0 Å². The van der Waals surface area contributed by atoms with Crippen LogP contribution >= 0.6 is 0 Å². The van der Waals surface area contributed by atoms with Crippen molar-refractivity contribution in [3.8, 4) is 0 Å². The van der Waals surface area contributed by atoms with Gasteiger partial charge in [0.05, 0.1) is 6.61 Å². The molecule has 0 N–H and O–H groups in total. The van der Waals surface area contributed by atoms with Crippen molar-refractivity contribution in [1.29, 1.82) is 0 Å².